The second-order valence-electron chi connectivity index (χ2n) is 5.29. The highest BCUT2D eigenvalue weighted by Gasteiger charge is 2.51. The zero-order valence-corrected chi connectivity index (χ0v) is 11.6. The van der Waals surface area contributed by atoms with Gasteiger partial charge in [0.2, 0.25) is 5.91 Å². The highest BCUT2D eigenvalue weighted by atomic mass is 16.8. The second kappa shape index (κ2) is 5.34. The normalized spacial score (nSPS) is 41.4. The fourth-order valence-corrected chi connectivity index (χ4v) is 2.43. The minimum Gasteiger partial charge on any atom is -0.388 e. The third-order valence-electron chi connectivity index (χ3n) is 3.29. The molecule has 7 nitrogen and oxygen atoms in total. The Hall–Kier alpha value is -0.730. The predicted octanol–water partition coefficient (Wildman–Crippen LogP) is -0.625. The van der Waals surface area contributed by atoms with E-state index >= 15 is 0 Å². The van der Waals surface area contributed by atoms with Crippen molar-refractivity contribution in [3.8, 4) is 0 Å². The fourth-order valence-electron chi connectivity index (χ4n) is 2.43. The van der Waals surface area contributed by atoms with Crippen LogP contribution in [-0.2, 0) is 23.7 Å². The maximum atomic E-state index is 11.2. The lowest BCUT2D eigenvalue weighted by molar-refractivity contribution is -0.366. The molecule has 2 aliphatic heterocycles. The number of fused-ring (bicyclic) bond motifs is 1. The van der Waals surface area contributed by atoms with Crippen molar-refractivity contribution >= 4 is 5.91 Å². The van der Waals surface area contributed by atoms with Gasteiger partial charge in [-0.15, -0.1) is 0 Å². The zero-order valence-electron chi connectivity index (χ0n) is 11.6. The number of aliphatic hydroxyl groups is 1. The SMILES string of the molecule is CO[C@H]1O[C@@H]2COC(C)(C)O[C@@H]2[C@H](O)[C@@H]1NC(C)=O. The van der Waals surface area contributed by atoms with Crippen molar-refractivity contribution < 1.29 is 28.8 Å². The monoisotopic (exact) mass is 275 g/mol. The van der Waals surface area contributed by atoms with Crippen LogP contribution in [-0.4, -0.2) is 61.2 Å². The van der Waals surface area contributed by atoms with E-state index in [9.17, 15) is 9.90 Å². The lowest BCUT2D eigenvalue weighted by Gasteiger charge is -2.49. The lowest BCUT2D eigenvalue weighted by atomic mass is 9.95. The average molecular weight is 275 g/mol. The number of amides is 1. The number of hydrogen-bond donors (Lipinski definition) is 2. The molecule has 0 spiro atoms. The summed E-state index contributed by atoms with van der Waals surface area (Å²) in [5.74, 6) is -1.05. The lowest BCUT2D eigenvalue weighted by Crippen LogP contribution is -2.68. The van der Waals surface area contributed by atoms with Gasteiger partial charge >= 0.3 is 0 Å². The largest absolute Gasteiger partial charge is 0.388 e. The zero-order chi connectivity index (χ0) is 14.2. The Bertz CT molecular complexity index is 347. The molecule has 0 saturated carbocycles. The number of carbonyl (C=O) groups excluding carboxylic acids is 1. The van der Waals surface area contributed by atoms with Crippen LogP contribution < -0.4 is 5.32 Å². The van der Waals surface area contributed by atoms with Crippen molar-refractivity contribution in [3.05, 3.63) is 0 Å². The molecule has 1 amide bonds. The number of nitrogens with one attached hydrogen (secondary N) is 1. The summed E-state index contributed by atoms with van der Waals surface area (Å²) >= 11 is 0. The molecule has 0 aromatic carbocycles. The first-order valence-electron chi connectivity index (χ1n) is 6.29. The number of hydrogen-bond acceptors (Lipinski definition) is 6. The Kier molecular flexibility index (Phi) is 4.12. The van der Waals surface area contributed by atoms with E-state index in [2.05, 4.69) is 5.32 Å². The van der Waals surface area contributed by atoms with E-state index in [1.54, 1.807) is 13.8 Å². The first kappa shape index (κ1) is 14.7. The number of methoxy groups -OCH3 is 1. The predicted molar refractivity (Wildman–Crippen MR) is 64.2 cm³/mol. The third kappa shape index (κ3) is 3.06. The smallest absolute Gasteiger partial charge is 0.217 e. The molecule has 0 aliphatic carbocycles. The molecule has 2 heterocycles. The Balaban J connectivity index is 2.15. The molecule has 0 radical (unpaired) electrons. The van der Waals surface area contributed by atoms with Crippen LogP contribution in [0.1, 0.15) is 20.8 Å². The molecule has 0 aromatic rings. The standard InChI is InChI=1S/C12H21NO6/c1-6(14)13-8-9(15)10-7(18-11(8)16-4)5-17-12(2,3)19-10/h7-11,15H,5H2,1-4H3,(H,13,14)/t7-,8+,9-,10+,11+/m1/s1. The first-order chi connectivity index (χ1) is 8.84. The van der Waals surface area contributed by atoms with Crippen LogP contribution in [0.25, 0.3) is 0 Å². The minimum atomic E-state index is -0.921. The van der Waals surface area contributed by atoms with Crippen LogP contribution in [0.5, 0.6) is 0 Å². The van der Waals surface area contributed by atoms with Crippen molar-refractivity contribution in [2.75, 3.05) is 13.7 Å². The van der Waals surface area contributed by atoms with Gasteiger partial charge in [0, 0.05) is 14.0 Å². The molecule has 0 unspecified atom stereocenters. The number of carbonyl (C=O) groups is 1. The van der Waals surface area contributed by atoms with Crippen LogP contribution in [0, 0.1) is 0 Å². The maximum absolute atomic E-state index is 11.2. The van der Waals surface area contributed by atoms with Gasteiger partial charge in [-0.25, -0.2) is 0 Å². The van der Waals surface area contributed by atoms with Gasteiger partial charge in [0.05, 0.1) is 6.61 Å². The summed E-state index contributed by atoms with van der Waals surface area (Å²) in [5, 5.41) is 13.0. The Morgan fingerprint density at radius 1 is 1.47 bits per heavy atom. The summed E-state index contributed by atoms with van der Waals surface area (Å²) < 4.78 is 22.0. The van der Waals surface area contributed by atoms with Gasteiger partial charge in [-0.2, -0.15) is 0 Å². The molecule has 2 saturated heterocycles. The van der Waals surface area contributed by atoms with Gasteiger partial charge < -0.3 is 29.4 Å². The van der Waals surface area contributed by atoms with Gasteiger partial charge in [-0.3, -0.25) is 4.79 Å². The highest BCUT2D eigenvalue weighted by Crippen LogP contribution is 2.32. The van der Waals surface area contributed by atoms with Crippen molar-refractivity contribution in [1.29, 1.82) is 0 Å². The Morgan fingerprint density at radius 2 is 2.16 bits per heavy atom. The van der Waals surface area contributed by atoms with Crippen molar-refractivity contribution in [2.45, 2.75) is 57.2 Å². The van der Waals surface area contributed by atoms with Gasteiger partial charge in [-0.05, 0) is 13.8 Å². The van der Waals surface area contributed by atoms with Crippen molar-refractivity contribution in [1.82, 2.24) is 5.32 Å². The number of aliphatic hydroxyl groups excluding tert-OH is 1. The fraction of sp³-hybridized carbons (Fsp3) is 0.917. The summed E-state index contributed by atoms with van der Waals surface area (Å²) in [6.07, 6.45) is -2.63. The van der Waals surface area contributed by atoms with Gasteiger partial charge in [0.15, 0.2) is 12.1 Å². The summed E-state index contributed by atoms with van der Waals surface area (Å²) in [5.41, 5.74) is 0. The molecule has 5 atom stereocenters. The Morgan fingerprint density at radius 3 is 2.74 bits per heavy atom. The van der Waals surface area contributed by atoms with Crippen LogP contribution >= 0.6 is 0 Å². The summed E-state index contributed by atoms with van der Waals surface area (Å²) in [6, 6.07) is -0.669. The maximum Gasteiger partial charge on any atom is 0.217 e. The van der Waals surface area contributed by atoms with E-state index in [0.29, 0.717) is 6.61 Å². The molecule has 2 fully saturated rings. The molecule has 7 heteroatoms. The third-order valence-corrected chi connectivity index (χ3v) is 3.29. The second-order valence-corrected chi connectivity index (χ2v) is 5.29. The van der Waals surface area contributed by atoms with E-state index in [0.717, 1.165) is 0 Å². The molecule has 2 rings (SSSR count). The molecule has 2 aliphatic rings. The molecule has 110 valence electrons. The molecular formula is C12H21NO6. The first-order valence-corrected chi connectivity index (χ1v) is 6.29. The van der Waals surface area contributed by atoms with E-state index in [1.165, 1.54) is 14.0 Å². The summed E-state index contributed by atoms with van der Waals surface area (Å²) in [6.45, 7) is 5.22. The van der Waals surface area contributed by atoms with Gasteiger partial charge in [0.1, 0.15) is 24.4 Å². The van der Waals surface area contributed by atoms with Crippen molar-refractivity contribution in [2.24, 2.45) is 0 Å². The minimum absolute atomic E-state index is 0.264. The van der Waals surface area contributed by atoms with E-state index in [-0.39, 0.29) is 5.91 Å². The molecular weight excluding hydrogens is 254 g/mol. The molecule has 19 heavy (non-hydrogen) atoms. The van der Waals surface area contributed by atoms with Gasteiger partial charge in [0.25, 0.3) is 0 Å². The number of rotatable bonds is 2. The van der Waals surface area contributed by atoms with E-state index in [4.69, 9.17) is 18.9 Å². The van der Waals surface area contributed by atoms with E-state index in [1.807, 2.05) is 0 Å². The summed E-state index contributed by atoms with van der Waals surface area (Å²) in [7, 11) is 1.46. The van der Waals surface area contributed by atoms with Crippen molar-refractivity contribution in [3.63, 3.8) is 0 Å². The molecule has 0 aromatic heterocycles. The quantitative estimate of drug-likeness (QED) is 0.698. The molecule has 2 N–H and O–H groups in total. The van der Waals surface area contributed by atoms with E-state index < -0.39 is 36.4 Å². The number of ether oxygens (including phenoxy) is 4. The average Bonchev–Trinajstić information content (AvgIpc) is 2.32. The van der Waals surface area contributed by atoms with Crippen LogP contribution in [0.2, 0.25) is 0 Å². The summed E-state index contributed by atoms with van der Waals surface area (Å²) in [4.78, 5) is 11.2. The van der Waals surface area contributed by atoms with Crippen LogP contribution in [0.3, 0.4) is 0 Å². The van der Waals surface area contributed by atoms with Crippen LogP contribution in [0.15, 0.2) is 0 Å². The Labute approximate surface area is 112 Å². The highest BCUT2D eigenvalue weighted by molar-refractivity contribution is 5.73. The van der Waals surface area contributed by atoms with Gasteiger partial charge in [-0.1, -0.05) is 0 Å². The molecule has 0 bridgehead atoms. The topological polar surface area (TPSA) is 86.2 Å². The van der Waals surface area contributed by atoms with Crippen LogP contribution in [0.4, 0.5) is 0 Å².